The quantitative estimate of drug-likeness (QED) is 0.900. The van der Waals surface area contributed by atoms with Gasteiger partial charge in [-0.15, -0.1) is 0 Å². The SMILES string of the molecule is CCCNc1cc(C)ncc1C(=O)N1CCS(=O)(=O)CC1. The smallest absolute Gasteiger partial charge is 0.257 e. The van der Waals surface area contributed by atoms with Crippen LogP contribution in [0.15, 0.2) is 12.3 Å². The summed E-state index contributed by atoms with van der Waals surface area (Å²) in [5.41, 5.74) is 2.11. The fourth-order valence-corrected chi connectivity index (χ4v) is 3.42. The maximum atomic E-state index is 12.6. The summed E-state index contributed by atoms with van der Waals surface area (Å²) in [4.78, 5) is 18.3. The molecule has 2 heterocycles. The monoisotopic (exact) mass is 311 g/mol. The van der Waals surface area contributed by atoms with E-state index < -0.39 is 9.84 Å². The van der Waals surface area contributed by atoms with Gasteiger partial charge in [-0.05, 0) is 19.4 Å². The highest BCUT2D eigenvalue weighted by Gasteiger charge is 2.27. The normalized spacial score (nSPS) is 17.5. The van der Waals surface area contributed by atoms with Gasteiger partial charge in [-0.2, -0.15) is 0 Å². The molecular formula is C14H21N3O3S. The van der Waals surface area contributed by atoms with Crippen molar-refractivity contribution in [1.29, 1.82) is 0 Å². The van der Waals surface area contributed by atoms with Gasteiger partial charge in [0.15, 0.2) is 9.84 Å². The van der Waals surface area contributed by atoms with Gasteiger partial charge >= 0.3 is 0 Å². The van der Waals surface area contributed by atoms with Crippen molar-refractivity contribution in [3.05, 3.63) is 23.5 Å². The number of anilines is 1. The average molecular weight is 311 g/mol. The summed E-state index contributed by atoms with van der Waals surface area (Å²) < 4.78 is 22.9. The van der Waals surface area contributed by atoms with Crippen molar-refractivity contribution in [3.63, 3.8) is 0 Å². The van der Waals surface area contributed by atoms with Crippen LogP contribution >= 0.6 is 0 Å². The van der Waals surface area contributed by atoms with E-state index in [1.54, 1.807) is 11.1 Å². The molecule has 0 unspecified atom stereocenters. The molecule has 1 aromatic rings. The van der Waals surface area contributed by atoms with Gasteiger partial charge in [0, 0.05) is 31.5 Å². The van der Waals surface area contributed by atoms with Crippen molar-refractivity contribution in [2.24, 2.45) is 0 Å². The van der Waals surface area contributed by atoms with E-state index >= 15 is 0 Å². The first-order valence-electron chi connectivity index (χ1n) is 7.13. The molecule has 0 saturated carbocycles. The molecule has 1 amide bonds. The minimum atomic E-state index is -2.99. The summed E-state index contributed by atoms with van der Waals surface area (Å²) >= 11 is 0. The first-order chi connectivity index (χ1) is 9.93. The molecule has 6 nitrogen and oxygen atoms in total. The van der Waals surface area contributed by atoms with Crippen LogP contribution in [-0.4, -0.2) is 55.3 Å². The van der Waals surface area contributed by atoms with E-state index in [9.17, 15) is 13.2 Å². The summed E-state index contributed by atoms with van der Waals surface area (Å²) in [5.74, 6) is -0.0816. The fraction of sp³-hybridized carbons (Fsp3) is 0.571. The molecule has 0 aliphatic carbocycles. The van der Waals surface area contributed by atoms with Gasteiger partial charge in [0.2, 0.25) is 0 Å². The van der Waals surface area contributed by atoms with Gasteiger partial charge in [-0.1, -0.05) is 6.92 Å². The van der Waals surface area contributed by atoms with Gasteiger partial charge in [-0.3, -0.25) is 9.78 Å². The fourth-order valence-electron chi connectivity index (χ4n) is 2.22. The van der Waals surface area contributed by atoms with Crippen LogP contribution in [0.1, 0.15) is 29.4 Å². The minimum absolute atomic E-state index is 0.0375. The molecular weight excluding hydrogens is 290 g/mol. The molecule has 0 bridgehead atoms. The lowest BCUT2D eigenvalue weighted by Crippen LogP contribution is -2.44. The predicted molar refractivity (Wildman–Crippen MR) is 82.3 cm³/mol. The summed E-state index contributed by atoms with van der Waals surface area (Å²) in [5, 5.41) is 3.23. The van der Waals surface area contributed by atoms with Gasteiger partial charge < -0.3 is 10.2 Å². The van der Waals surface area contributed by atoms with Crippen molar-refractivity contribution in [3.8, 4) is 0 Å². The zero-order valence-corrected chi connectivity index (χ0v) is 13.2. The van der Waals surface area contributed by atoms with Crippen LogP contribution in [0.5, 0.6) is 0 Å². The largest absolute Gasteiger partial charge is 0.384 e. The molecule has 0 spiro atoms. The summed E-state index contributed by atoms with van der Waals surface area (Å²) in [7, 11) is -2.99. The standard InChI is InChI=1S/C14H21N3O3S/c1-3-4-15-13-9-11(2)16-10-12(13)14(18)17-5-7-21(19,20)8-6-17/h9-10H,3-8H2,1-2H3,(H,15,16). The third kappa shape index (κ3) is 3.93. The van der Waals surface area contributed by atoms with E-state index in [0.717, 1.165) is 24.3 Å². The summed E-state index contributed by atoms with van der Waals surface area (Å²) in [6, 6.07) is 1.85. The molecule has 116 valence electrons. The number of aryl methyl sites for hydroxylation is 1. The Morgan fingerprint density at radius 2 is 2.05 bits per heavy atom. The Labute approximate surface area is 125 Å². The second-order valence-corrected chi connectivity index (χ2v) is 7.55. The van der Waals surface area contributed by atoms with Gasteiger partial charge in [0.1, 0.15) is 0 Å². The molecule has 7 heteroatoms. The Kier molecular flexibility index (Phi) is 4.82. The number of hydrogen-bond acceptors (Lipinski definition) is 5. The number of aromatic nitrogens is 1. The highest BCUT2D eigenvalue weighted by atomic mass is 32.2. The minimum Gasteiger partial charge on any atom is -0.384 e. The molecule has 1 saturated heterocycles. The van der Waals surface area contributed by atoms with Crippen LogP contribution in [0.4, 0.5) is 5.69 Å². The molecule has 0 radical (unpaired) electrons. The molecule has 2 rings (SSSR count). The Bertz CT molecular complexity index is 614. The van der Waals surface area contributed by atoms with Crippen molar-refractivity contribution in [1.82, 2.24) is 9.88 Å². The lowest BCUT2D eigenvalue weighted by Gasteiger charge is -2.27. The number of amides is 1. The lowest BCUT2D eigenvalue weighted by atomic mass is 10.1. The van der Waals surface area contributed by atoms with E-state index in [-0.39, 0.29) is 30.5 Å². The zero-order valence-electron chi connectivity index (χ0n) is 12.4. The molecule has 0 aromatic carbocycles. The van der Waals surface area contributed by atoms with Crippen LogP contribution in [-0.2, 0) is 9.84 Å². The second kappa shape index (κ2) is 6.43. The van der Waals surface area contributed by atoms with Crippen LogP contribution in [0.3, 0.4) is 0 Å². The van der Waals surface area contributed by atoms with E-state index in [1.165, 1.54) is 0 Å². The number of carbonyl (C=O) groups is 1. The Morgan fingerprint density at radius 1 is 1.38 bits per heavy atom. The highest BCUT2D eigenvalue weighted by Crippen LogP contribution is 2.19. The van der Waals surface area contributed by atoms with E-state index in [1.807, 2.05) is 13.0 Å². The second-order valence-electron chi connectivity index (χ2n) is 5.24. The Morgan fingerprint density at radius 3 is 2.67 bits per heavy atom. The maximum absolute atomic E-state index is 12.6. The third-order valence-electron chi connectivity index (χ3n) is 3.47. The van der Waals surface area contributed by atoms with Gasteiger partial charge in [0.05, 0.1) is 22.8 Å². The molecule has 1 fully saturated rings. The number of carbonyl (C=O) groups excluding carboxylic acids is 1. The topological polar surface area (TPSA) is 79.4 Å². The van der Waals surface area contributed by atoms with Crippen LogP contribution in [0.25, 0.3) is 0 Å². The first kappa shape index (κ1) is 15.8. The highest BCUT2D eigenvalue weighted by molar-refractivity contribution is 7.91. The maximum Gasteiger partial charge on any atom is 0.257 e. The molecule has 21 heavy (non-hydrogen) atoms. The van der Waals surface area contributed by atoms with Crippen molar-refractivity contribution in [2.45, 2.75) is 20.3 Å². The van der Waals surface area contributed by atoms with Crippen LogP contribution in [0, 0.1) is 6.92 Å². The van der Waals surface area contributed by atoms with Gasteiger partial charge in [0.25, 0.3) is 5.91 Å². The number of nitrogens with one attached hydrogen (secondary N) is 1. The molecule has 1 aliphatic heterocycles. The van der Waals surface area contributed by atoms with Crippen molar-refractivity contribution in [2.75, 3.05) is 36.5 Å². The third-order valence-corrected chi connectivity index (χ3v) is 5.08. The number of pyridine rings is 1. The molecule has 1 aromatic heterocycles. The summed E-state index contributed by atoms with van der Waals surface area (Å²) in [6.07, 6.45) is 2.52. The Hall–Kier alpha value is -1.63. The summed E-state index contributed by atoms with van der Waals surface area (Å²) in [6.45, 7) is 5.21. The van der Waals surface area contributed by atoms with E-state index in [0.29, 0.717) is 5.56 Å². The average Bonchev–Trinajstić information content (AvgIpc) is 2.44. The van der Waals surface area contributed by atoms with Crippen molar-refractivity contribution < 1.29 is 13.2 Å². The first-order valence-corrected chi connectivity index (χ1v) is 8.95. The number of nitrogens with zero attached hydrogens (tertiary/aromatic N) is 2. The van der Waals surface area contributed by atoms with Crippen LogP contribution < -0.4 is 5.32 Å². The number of hydrogen-bond donors (Lipinski definition) is 1. The Balaban J connectivity index is 2.19. The van der Waals surface area contributed by atoms with Crippen LogP contribution in [0.2, 0.25) is 0 Å². The number of rotatable bonds is 4. The van der Waals surface area contributed by atoms with E-state index in [4.69, 9.17) is 0 Å². The van der Waals surface area contributed by atoms with Crippen molar-refractivity contribution >= 4 is 21.4 Å². The van der Waals surface area contributed by atoms with E-state index in [2.05, 4.69) is 17.2 Å². The lowest BCUT2D eigenvalue weighted by molar-refractivity contribution is 0.0771. The molecule has 1 aliphatic rings. The zero-order chi connectivity index (χ0) is 15.5. The predicted octanol–water partition coefficient (Wildman–Crippen LogP) is 1.08. The molecule has 0 atom stereocenters. The van der Waals surface area contributed by atoms with Gasteiger partial charge in [-0.25, -0.2) is 8.42 Å². The molecule has 1 N–H and O–H groups in total. The number of sulfone groups is 1.